The predicted molar refractivity (Wildman–Crippen MR) is 91.3 cm³/mol. The Morgan fingerprint density at radius 3 is 2.42 bits per heavy atom. The number of esters is 2. The van der Waals surface area contributed by atoms with Crippen LogP contribution in [0.2, 0.25) is 0 Å². The molecular formula is C19H28O5. The fourth-order valence-corrected chi connectivity index (χ4v) is 2.25. The van der Waals surface area contributed by atoms with Crippen molar-refractivity contribution in [1.82, 2.24) is 0 Å². The maximum Gasteiger partial charge on any atom is 0.309 e. The number of carbonyl (C=O) groups is 2. The van der Waals surface area contributed by atoms with Gasteiger partial charge in [0.25, 0.3) is 0 Å². The first-order chi connectivity index (χ1) is 11.4. The quantitative estimate of drug-likeness (QED) is 0.859. The van der Waals surface area contributed by atoms with Crippen LogP contribution in [0.1, 0.15) is 39.2 Å². The van der Waals surface area contributed by atoms with Gasteiger partial charge in [0.1, 0.15) is 6.61 Å². The van der Waals surface area contributed by atoms with Crippen LogP contribution in [0.5, 0.6) is 0 Å². The minimum absolute atomic E-state index is 0.107. The smallest absolute Gasteiger partial charge is 0.309 e. The Hall–Kier alpha value is -1.88. The van der Waals surface area contributed by atoms with Gasteiger partial charge in [0.2, 0.25) is 0 Å². The van der Waals surface area contributed by atoms with E-state index in [4.69, 9.17) is 14.6 Å². The minimum Gasteiger partial charge on any atom is -0.465 e. The molecule has 0 saturated carbocycles. The number of aliphatic hydroxyl groups excluding tert-OH is 1. The number of benzene rings is 1. The molecule has 5 heteroatoms. The molecule has 2 unspecified atom stereocenters. The summed E-state index contributed by atoms with van der Waals surface area (Å²) < 4.78 is 10.3. The van der Waals surface area contributed by atoms with Crippen molar-refractivity contribution in [1.29, 1.82) is 0 Å². The molecule has 1 saturated heterocycles. The van der Waals surface area contributed by atoms with Gasteiger partial charge in [0.05, 0.1) is 18.4 Å². The van der Waals surface area contributed by atoms with Crippen molar-refractivity contribution < 1.29 is 24.2 Å². The second kappa shape index (κ2) is 10.8. The topological polar surface area (TPSA) is 72.8 Å². The predicted octanol–water partition coefficient (Wildman–Crippen LogP) is 2.75. The van der Waals surface area contributed by atoms with E-state index < -0.39 is 0 Å². The van der Waals surface area contributed by atoms with Gasteiger partial charge < -0.3 is 14.6 Å². The molecule has 24 heavy (non-hydrogen) atoms. The van der Waals surface area contributed by atoms with E-state index in [1.807, 2.05) is 51.1 Å². The van der Waals surface area contributed by atoms with Crippen LogP contribution in [0.25, 0.3) is 0 Å². The van der Waals surface area contributed by atoms with E-state index in [1.54, 1.807) is 0 Å². The molecule has 134 valence electrons. The van der Waals surface area contributed by atoms with E-state index in [1.165, 1.54) is 0 Å². The number of carbonyl (C=O) groups excluding carboxylic acids is 2. The minimum atomic E-state index is -0.305. The van der Waals surface area contributed by atoms with E-state index in [0.717, 1.165) is 5.56 Å². The van der Waals surface area contributed by atoms with Crippen molar-refractivity contribution in [2.45, 2.75) is 46.1 Å². The highest BCUT2D eigenvalue weighted by molar-refractivity contribution is 5.75. The van der Waals surface area contributed by atoms with Gasteiger partial charge in [0.15, 0.2) is 0 Å². The van der Waals surface area contributed by atoms with Gasteiger partial charge in [-0.25, -0.2) is 0 Å². The van der Waals surface area contributed by atoms with Gasteiger partial charge in [-0.05, 0) is 31.2 Å². The summed E-state index contributed by atoms with van der Waals surface area (Å²) >= 11 is 0. The summed E-state index contributed by atoms with van der Waals surface area (Å²) in [4.78, 5) is 23.3. The zero-order valence-electron chi connectivity index (χ0n) is 14.7. The lowest BCUT2D eigenvalue weighted by Gasteiger charge is -2.18. The van der Waals surface area contributed by atoms with Crippen molar-refractivity contribution in [3.05, 3.63) is 35.9 Å². The van der Waals surface area contributed by atoms with Gasteiger partial charge in [-0.15, -0.1) is 0 Å². The first-order valence-electron chi connectivity index (χ1n) is 8.43. The van der Waals surface area contributed by atoms with Gasteiger partial charge in [-0.2, -0.15) is 0 Å². The Balaban J connectivity index is 0.000000505. The Kier molecular flexibility index (Phi) is 9.08. The average molecular weight is 336 g/mol. The molecular weight excluding hydrogens is 308 g/mol. The first-order valence-corrected chi connectivity index (χ1v) is 8.43. The third kappa shape index (κ3) is 8.11. The molecule has 0 amide bonds. The van der Waals surface area contributed by atoms with Crippen LogP contribution in [-0.4, -0.2) is 36.4 Å². The van der Waals surface area contributed by atoms with Crippen LogP contribution >= 0.6 is 0 Å². The Morgan fingerprint density at radius 2 is 1.83 bits per heavy atom. The maximum atomic E-state index is 12.0. The average Bonchev–Trinajstić information content (AvgIpc) is 2.60. The van der Waals surface area contributed by atoms with Crippen LogP contribution in [0.15, 0.2) is 30.3 Å². The Morgan fingerprint density at radius 1 is 1.21 bits per heavy atom. The van der Waals surface area contributed by atoms with Crippen LogP contribution in [0.3, 0.4) is 0 Å². The highest BCUT2D eigenvalue weighted by Gasteiger charge is 2.26. The van der Waals surface area contributed by atoms with Crippen molar-refractivity contribution in [2.75, 3.05) is 13.2 Å². The summed E-state index contributed by atoms with van der Waals surface area (Å²) in [5, 5.41) is 8.14. The van der Waals surface area contributed by atoms with E-state index in [2.05, 4.69) is 0 Å². The lowest BCUT2D eigenvalue weighted by molar-refractivity contribution is -0.149. The Labute approximate surface area is 144 Å². The summed E-state index contributed by atoms with van der Waals surface area (Å²) in [6, 6.07) is 9.79. The zero-order valence-corrected chi connectivity index (χ0v) is 14.7. The van der Waals surface area contributed by atoms with Crippen molar-refractivity contribution in [3.8, 4) is 0 Å². The van der Waals surface area contributed by atoms with Crippen molar-refractivity contribution >= 4 is 11.9 Å². The van der Waals surface area contributed by atoms with E-state index in [9.17, 15) is 9.59 Å². The molecule has 1 aliphatic rings. The molecule has 1 fully saturated rings. The second-order valence-corrected chi connectivity index (χ2v) is 6.42. The van der Waals surface area contributed by atoms with Gasteiger partial charge >= 0.3 is 11.9 Å². The molecule has 0 aromatic heterocycles. The molecule has 1 aromatic carbocycles. The molecule has 0 bridgehead atoms. The van der Waals surface area contributed by atoms with Gasteiger partial charge in [-0.3, -0.25) is 9.59 Å². The largest absolute Gasteiger partial charge is 0.465 e. The normalized spacial score (nSPS) is 21.5. The number of rotatable bonds is 3. The zero-order chi connectivity index (χ0) is 17.9. The fraction of sp³-hybridized carbons (Fsp3) is 0.579. The third-order valence-electron chi connectivity index (χ3n) is 3.52. The number of ether oxygens (including phenoxy) is 2. The van der Waals surface area contributed by atoms with Gasteiger partial charge in [-0.1, -0.05) is 44.2 Å². The summed E-state index contributed by atoms with van der Waals surface area (Å²) in [5.41, 5.74) is 1.09. The summed E-state index contributed by atoms with van der Waals surface area (Å²) in [6.07, 6.45) is 0.988. The highest BCUT2D eigenvalue weighted by Crippen LogP contribution is 2.19. The highest BCUT2D eigenvalue weighted by atomic mass is 16.6. The number of aliphatic hydroxyl groups is 1. The summed E-state index contributed by atoms with van der Waals surface area (Å²) in [5.74, 6) is -0.368. The molecule has 0 radical (unpaired) electrons. The van der Waals surface area contributed by atoms with Crippen molar-refractivity contribution in [3.63, 3.8) is 0 Å². The molecule has 2 atom stereocenters. The third-order valence-corrected chi connectivity index (χ3v) is 3.52. The maximum absolute atomic E-state index is 12.0. The molecule has 1 aliphatic heterocycles. The summed E-state index contributed by atoms with van der Waals surface area (Å²) in [6.45, 7) is 6.17. The standard InChI is InChI=1S/C15H18O4.C4H10O/c1-11-9-13(10-12-5-3-2-4-6-12)15(17)18-8-7-14(16)19-11;1-4(2)3-5/h2-6,11,13H,7-10H2,1H3;4-5H,3H2,1-2H3. The molecule has 1 N–H and O–H groups in total. The Bertz CT molecular complexity index is 498. The second-order valence-electron chi connectivity index (χ2n) is 6.42. The van der Waals surface area contributed by atoms with Gasteiger partial charge in [0, 0.05) is 6.61 Å². The van der Waals surface area contributed by atoms with Crippen LogP contribution in [0, 0.1) is 11.8 Å². The number of hydrogen-bond acceptors (Lipinski definition) is 5. The molecule has 1 aromatic rings. The molecule has 0 spiro atoms. The van der Waals surface area contributed by atoms with E-state index >= 15 is 0 Å². The lowest BCUT2D eigenvalue weighted by Crippen LogP contribution is -2.24. The van der Waals surface area contributed by atoms with Crippen LogP contribution in [-0.2, 0) is 25.5 Å². The summed E-state index contributed by atoms with van der Waals surface area (Å²) in [7, 11) is 0. The van der Waals surface area contributed by atoms with E-state index in [-0.39, 0.29) is 37.0 Å². The van der Waals surface area contributed by atoms with E-state index in [0.29, 0.717) is 25.4 Å². The molecule has 0 aliphatic carbocycles. The fourth-order valence-electron chi connectivity index (χ4n) is 2.25. The SMILES string of the molecule is CC(C)CO.CC1CC(Cc2ccccc2)C(=O)OCCC(=O)O1. The number of hydrogen-bond donors (Lipinski definition) is 1. The first kappa shape index (κ1) is 20.2. The van der Waals surface area contributed by atoms with Crippen LogP contribution in [0.4, 0.5) is 0 Å². The molecule has 1 heterocycles. The molecule has 5 nitrogen and oxygen atoms in total. The molecule has 2 rings (SSSR count). The number of cyclic esters (lactones) is 2. The van der Waals surface area contributed by atoms with Crippen molar-refractivity contribution in [2.24, 2.45) is 11.8 Å². The van der Waals surface area contributed by atoms with Crippen LogP contribution < -0.4 is 0 Å². The lowest BCUT2D eigenvalue weighted by atomic mass is 9.94. The monoisotopic (exact) mass is 336 g/mol.